The molecule has 1 saturated heterocycles. The molecule has 1 N–H and O–H groups in total. The molecule has 1 aromatic carbocycles. The summed E-state index contributed by atoms with van der Waals surface area (Å²) in [5, 5.41) is 0. The van der Waals surface area contributed by atoms with Gasteiger partial charge in [0.25, 0.3) is 0 Å². The summed E-state index contributed by atoms with van der Waals surface area (Å²) in [7, 11) is 0. The Bertz CT molecular complexity index is 837. The van der Waals surface area contributed by atoms with E-state index in [1.54, 1.807) is 0 Å². The maximum atomic E-state index is 12.5. The summed E-state index contributed by atoms with van der Waals surface area (Å²) in [6, 6.07) is 11.8. The Morgan fingerprint density at radius 1 is 1.12 bits per heavy atom. The summed E-state index contributed by atoms with van der Waals surface area (Å²) >= 11 is 0. The van der Waals surface area contributed by atoms with Crippen molar-refractivity contribution in [3.63, 3.8) is 0 Å². The average Bonchev–Trinajstić information content (AvgIpc) is 3.10. The molecule has 1 aliphatic heterocycles. The Balaban J connectivity index is 1.25. The third-order valence-electron chi connectivity index (χ3n) is 4.92. The summed E-state index contributed by atoms with van der Waals surface area (Å²) in [5.41, 5.74) is 2.93. The number of hydrogen-bond donors (Lipinski definition) is 1. The summed E-state index contributed by atoms with van der Waals surface area (Å²) in [5.74, 6) is 0.830. The van der Waals surface area contributed by atoms with Crippen molar-refractivity contribution < 1.29 is 14.1 Å². The van der Waals surface area contributed by atoms with Crippen molar-refractivity contribution in [3.8, 4) is 0 Å². The quantitative estimate of drug-likeness (QED) is 0.747. The van der Waals surface area contributed by atoms with Gasteiger partial charge in [-0.15, -0.1) is 0 Å². The molecule has 3 heterocycles. The van der Waals surface area contributed by atoms with Crippen LogP contribution in [-0.2, 0) is 17.8 Å². The molecule has 26 heavy (non-hydrogen) atoms. The van der Waals surface area contributed by atoms with E-state index in [-0.39, 0.29) is 5.91 Å². The number of nitrogens with zero attached hydrogens (tertiary/aromatic N) is 3. The lowest BCUT2D eigenvalue weighted by atomic mass is 10.2. The Morgan fingerprint density at radius 3 is 2.65 bits per heavy atom. The molecule has 0 atom stereocenters. The fraction of sp³-hybridized carbons (Fsp3) is 0.350. The molecule has 0 aliphatic carbocycles. The number of nitrogens with one attached hydrogen (secondary N) is 1. The second kappa shape index (κ2) is 7.66. The van der Waals surface area contributed by atoms with Gasteiger partial charge in [0, 0.05) is 30.8 Å². The zero-order chi connectivity index (χ0) is 17.8. The van der Waals surface area contributed by atoms with E-state index >= 15 is 0 Å². The van der Waals surface area contributed by atoms with E-state index in [1.165, 1.54) is 10.5 Å². The molecule has 0 radical (unpaired) electrons. The molecule has 1 fully saturated rings. The minimum Gasteiger partial charge on any atom is -0.441 e. The van der Waals surface area contributed by atoms with E-state index < -0.39 is 0 Å². The number of quaternary nitrogens is 1. The number of carbonyl (C=O) groups is 1. The Kier molecular flexibility index (Phi) is 4.93. The number of piperazine rings is 1. The first-order valence-electron chi connectivity index (χ1n) is 9.12. The number of aryl methyl sites for hydroxylation is 1. The van der Waals surface area contributed by atoms with E-state index in [2.05, 4.69) is 22.1 Å². The first-order chi connectivity index (χ1) is 12.8. The number of benzene rings is 1. The molecule has 3 aromatic rings. The van der Waals surface area contributed by atoms with Crippen molar-refractivity contribution in [1.82, 2.24) is 14.9 Å². The van der Waals surface area contributed by atoms with E-state index in [0.29, 0.717) is 18.7 Å². The third kappa shape index (κ3) is 3.91. The predicted molar refractivity (Wildman–Crippen MR) is 97.5 cm³/mol. The van der Waals surface area contributed by atoms with Crippen LogP contribution in [0.25, 0.3) is 11.1 Å². The Morgan fingerprint density at radius 2 is 1.88 bits per heavy atom. The summed E-state index contributed by atoms with van der Waals surface area (Å²) in [6.45, 7) is 4.58. The molecular weight excluding hydrogens is 328 g/mol. The van der Waals surface area contributed by atoms with Gasteiger partial charge in [-0.05, 0) is 24.3 Å². The van der Waals surface area contributed by atoms with Crippen LogP contribution in [0.3, 0.4) is 0 Å². The van der Waals surface area contributed by atoms with Crippen LogP contribution in [-0.4, -0.2) is 47.0 Å². The van der Waals surface area contributed by atoms with Gasteiger partial charge in [-0.25, -0.2) is 4.98 Å². The monoisotopic (exact) mass is 351 g/mol. The van der Waals surface area contributed by atoms with Crippen molar-refractivity contribution in [2.45, 2.75) is 19.4 Å². The zero-order valence-corrected chi connectivity index (χ0v) is 14.7. The number of para-hydroxylation sites is 2. The standard InChI is InChI=1S/C20H22N4O2/c25-20(6-5-19-22-17-3-1-2-4-18(17)26-19)24-13-11-23(12-14-24)15-16-7-9-21-10-8-16/h1-4,7-10H,5-6,11-15H2/p+1. The smallest absolute Gasteiger partial charge is 0.223 e. The lowest BCUT2D eigenvalue weighted by Crippen LogP contribution is -3.13. The highest BCUT2D eigenvalue weighted by Gasteiger charge is 2.23. The van der Waals surface area contributed by atoms with Gasteiger partial charge in [-0.2, -0.15) is 0 Å². The molecule has 0 unspecified atom stereocenters. The van der Waals surface area contributed by atoms with Crippen molar-refractivity contribution >= 4 is 17.0 Å². The molecule has 6 nitrogen and oxygen atoms in total. The number of amides is 1. The Labute approximate surface area is 152 Å². The Hall–Kier alpha value is -2.73. The van der Waals surface area contributed by atoms with Crippen LogP contribution < -0.4 is 4.90 Å². The molecule has 134 valence electrons. The van der Waals surface area contributed by atoms with Crippen molar-refractivity contribution in [2.24, 2.45) is 0 Å². The normalized spacial score (nSPS) is 15.5. The lowest BCUT2D eigenvalue weighted by molar-refractivity contribution is -0.917. The highest BCUT2D eigenvalue weighted by Crippen LogP contribution is 2.16. The first-order valence-corrected chi connectivity index (χ1v) is 9.12. The van der Waals surface area contributed by atoms with Crippen molar-refractivity contribution in [3.05, 3.63) is 60.2 Å². The fourth-order valence-electron chi connectivity index (χ4n) is 3.44. The first kappa shape index (κ1) is 16.7. The third-order valence-corrected chi connectivity index (χ3v) is 4.92. The summed E-state index contributed by atoms with van der Waals surface area (Å²) < 4.78 is 5.70. The summed E-state index contributed by atoms with van der Waals surface area (Å²) in [6.07, 6.45) is 4.67. The van der Waals surface area contributed by atoms with Crippen LogP contribution in [0, 0.1) is 0 Å². The zero-order valence-electron chi connectivity index (χ0n) is 14.7. The van der Waals surface area contributed by atoms with Crippen molar-refractivity contribution in [2.75, 3.05) is 26.2 Å². The largest absolute Gasteiger partial charge is 0.441 e. The lowest BCUT2D eigenvalue weighted by Gasteiger charge is -2.32. The predicted octanol–water partition coefficient (Wildman–Crippen LogP) is 1.08. The molecule has 0 spiro atoms. The van der Waals surface area contributed by atoms with Crippen LogP contribution in [0.4, 0.5) is 0 Å². The molecular formula is C20H23N4O2+. The van der Waals surface area contributed by atoms with Gasteiger partial charge >= 0.3 is 0 Å². The second-order valence-corrected chi connectivity index (χ2v) is 6.74. The van der Waals surface area contributed by atoms with Crippen molar-refractivity contribution in [1.29, 1.82) is 0 Å². The number of carbonyl (C=O) groups excluding carboxylic acids is 1. The topological polar surface area (TPSA) is 63.7 Å². The molecule has 4 rings (SSSR count). The van der Waals surface area contributed by atoms with Crippen LogP contribution in [0.2, 0.25) is 0 Å². The van der Waals surface area contributed by atoms with E-state index in [0.717, 1.165) is 43.8 Å². The minimum absolute atomic E-state index is 0.190. The van der Waals surface area contributed by atoms with Gasteiger partial charge in [0.2, 0.25) is 5.91 Å². The van der Waals surface area contributed by atoms with Gasteiger partial charge in [0.05, 0.1) is 26.2 Å². The van der Waals surface area contributed by atoms with E-state index in [9.17, 15) is 4.79 Å². The van der Waals surface area contributed by atoms with Crippen LogP contribution in [0.5, 0.6) is 0 Å². The summed E-state index contributed by atoms with van der Waals surface area (Å²) in [4.78, 5) is 24.5. The van der Waals surface area contributed by atoms with E-state index in [4.69, 9.17) is 4.42 Å². The number of aromatic nitrogens is 2. The minimum atomic E-state index is 0.190. The van der Waals surface area contributed by atoms with Crippen LogP contribution in [0.15, 0.2) is 53.2 Å². The number of rotatable bonds is 5. The maximum Gasteiger partial charge on any atom is 0.223 e. The average molecular weight is 351 g/mol. The molecule has 6 heteroatoms. The number of hydrogen-bond acceptors (Lipinski definition) is 4. The van der Waals surface area contributed by atoms with Gasteiger partial charge in [0.1, 0.15) is 12.1 Å². The fourth-order valence-corrected chi connectivity index (χ4v) is 3.44. The van der Waals surface area contributed by atoms with Gasteiger partial charge in [-0.1, -0.05) is 12.1 Å². The number of fused-ring (bicyclic) bond motifs is 1. The van der Waals surface area contributed by atoms with E-state index in [1.807, 2.05) is 41.6 Å². The molecule has 1 aliphatic rings. The highest BCUT2D eigenvalue weighted by molar-refractivity contribution is 5.76. The second-order valence-electron chi connectivity index (χ2n) is 6.74. The SMILES string of the molecule is O=C(CCc1nc2ccccc2o1)N1CC[NH+](Cc2ccncc2)CC1. The van der Waals surface area contributed by atoms with Crippen LogP contribution >= 0.6 is 0 Å². The number of pyridine rings is 1. The molecule has 2 aromatic heterocycles. The van der Waals surface area contributed by atoms with Gasteiger partial charge < -0.3 is 14.2 Å². The number of oxazole rings is 1. The molecule has 0 bridgehead atoms. The van der Waals surface area contributed by atoms with Crippen LogP contribution in [0.1, 0.15) is 17.9 Å². The molecule has 1 amide bonds. The maximum absolute atomic E-state index is 12.5. The highest BCUT2D eigenvalue weighted by atomic mass is 16.3. The van der Waals surface area contributed by atoms with Gasteiger partial charge in [-0.3, -0.25) is 9.78 Å². The van der Waals surface area contributed by atoms with Gasteiger partial charge in [0.15, 0.2) is 11.5 Å². The molecule has 0 saturated carbocycles.